The van der Waals surface area contributed by atoms with E-state index in [0.717, 1.165) is 0 Å². The summed E-state index contributed by atoms with van der Waals surface area (Å²) in [6.45, 7) is 3.24. The van der Waals surface area contributed by atoms with Gasteiger partial charge in [-0.1, -0.05) is 17.7 Å². The maximum atomic E-state index is 12.2. The van der Waals surface area contributed by atoms with Crippen LogP contribution in [0.3, 0.4) is 0 Å². The number of carbonyl (C=O) groups is 2. The third-order valence-corrected chi connectivity index (χ3v) is 4.44. The molecule has 1 heterocycles. The number of rotatable bonds is 12. The van der Waals surface area contributed by atoms with E-state index in [2.05, 4.69) is 31.2 Å². The summed E-state index contributed by atoms with van der Waals surface area (Å²) in [5.41, 5.74) is 0.933. The lowest BCUT2D eigenvalue weighted by Crippen LogP contribution is -2.37. The summed E-state index contributed by atoms with van der Waals surface area (Å²) in [5.74, 6) is -0.780. The van der Waals surface area contributed by atoms with Crippen molar-refractivity contribution in [2.45, 2.75) is 19.8 Å². The summed E-state index contributed by atoms with van der Waals surface area (Å²) in [7, 11) is 0. The average molecular weight is 481 g/mol. The van der Waals surface area contributed by atoms with Crippen LogP contribution >= 0.6 is 23.8 Å². The molecule has 5 N–H and O–H groups in total. The topological polar surface area (TPSA) is 138 Å². The van der Waals surface area contributed by atoms with Gasteiger partial charge in [-0.25, -0.2) is 9.78 Å². The van der Waals surface area contributed by atoms with E-state index in [0.29, 0.717) is 47.1 Å². The fraction of sp³-hybridized carbons (Fsp3) is 0.350. The highest BCUT2D eigenvalue weighted by molar-refractivity contribution is 7.80. The number of nitrogens with zero attached hydrogens (tertiary/aromatic N) is 2. The monoisotopic (exact) mass is 480 g/mol. The molecule has 0 atom stereocenters. The zero-order valence-corrected chi connectivity index (χ0v) is 19.1. The van der Waals surface area contributed by atoms with E-state index < -0.39 is 11.9 Å². The fourth-order valence-electron chi connectivity index (χ4n) is 2.47. The van der Waals surface area contributed by atoms with Crippen LogP contribution in [-0.2, 0) is 9.53 Å². The predicted octanol–water partition coefficient (Wildman–Crippen LogP) is 2.79. The SMILES string of the molecule is CCOC(=O)c1cnc(Nc2cccc(Cl)c2)nc1NCCCNC(=S)NCCC(=O)O. The standard InChI is InChI=1S/C20H25ClN6O4S/c1-2-31-18(30)15-12-25-19(26-14-6-3-5-13(21)11-14)27-17(15)22-8-4-9-23-20(32)24-10-7-16(28)29/h3,5-6,11-12H,2,4,7-10H2,1H3,(H,28,29)(H2,23,24,32)(H2,22,25,26,27). The number of hydrogen-bond acceptors (Lipinski definition) is 8. The number of esters is 1. The summed E-state index contributed by atoms with van der Waals surface area (Å²) in [4.78, 5) is 31.3. The summed E-state index contributed by atoms with van der Waals surface area (Å²) >= 11 is 11.1. The number of ether oxygens (including phenoxy) is 1. The first-order valence-corrected chi connectivity index (χ1v) is 10.7. The Labute approximate surface area is 196 Å². The molecular weight excluding hydrogens is 456 g/mol. The molecule has 0 spiro atoms. The molecule has 2 rings (SSSR count). The summed E-state index contributed by atoms with van der Waals surface area (Å²) < 4.78 is 5.08. The highest BCUT2D eigenvalue weighted by Crippen LogP contribution is 2.20. The lowest BCUT2D eigenvalue weighted by Gasteiger charge is -2.13. The molecule has 1 aromatic carbocycles. The minimum Gasteiger partial charge on any atom is -0.481 e. The number of aliphatic carboxylic acids is 1. The maximum Gasteiger partial charge on any atom is 0.343 e. The summed E-state index contributed by atoms with van der Waals surface area (Å²) in [5, 5.41) is 21.6. The van der Waals surface area contributed by atoms with Gasteiger partial charge in [0.1, 0.15) is 11.4 Å². The molecule has 10 nitrogen and oxygen atoms in total. The molecule has 2 aromatic rings. The van der Waals surface area contributed by atoms with Crippen molar-refractivity contribution in [3.8, 4) is 0 Å². The van der Waals surface area contributed by atoms with Crippen molar-refractivity contribution in [2.24, 2.45) is 0 Å². The van der Waals surface area contributed by atoms with Crippen LogP contribution < -0.4 is 21.3 Å². The molecule has 172 valence electrons. The van der Waals surface area contributed by atoms with Crippen LogP contribution in [0, 0.1) is 0 Å². The second-order valence-electron chi connectivity index (χ2n) is 6.42. The second kappa shape index (κ2) is 13.3. The van der Waals surface area contributed by atoms with Crippen LogP contribution in [0.15, 0.2) is 30.5 Å². The summed E-state index contributed by atoms with van der Waals surface area (Å²) in [6.07, 6.45) is 2.04. The Balaban J connectivity index is 1.94. The van der Waals surface area contributed by atoms with Crippen LogP contribution in [0.25, 0.3) is 0 Å². The van der Waals surface area contributed by atoms with Crippen molar-refractivity contribution in [1.29, 1.82) is 0 Å². The number of carboxylic acid groups (broad SMARTS) is 1. The normalized spacial score (nSPS) is 10.2. The Morgan fingerprint density at radius 1 is 1.22 bits per heavy atom. The molecule has 0 fully saturated rings. The van der Waals surface area contributed by atoms with Gasteiger partial charge in [-0.15, -0.1) is 0 Å². The molecule has 0 radical (unpaired) electrons. The number of anilines is 3. The van der Waals surface area contributed by atoms with Gasteiger partial charge in [0.2, 0.25) is 5.95 Å². The molecule has 0 unspecified atom stereocenters. The van der Waals surface area contributed by atoms with Crippen molar-refractivity contribution >= 4 is 58.3 Å². The van der Waals surface area contributed by atoms with E-state index in [1.807, 2.05) is 6.07 Å². The molecule has 32 heavy (non-hydrogen) atoms. The van der Waals surface area contributed by atoms with Gasteiger partial charge in [0.25, 0.3) is 0 Å². The van der Waals surface area contributed by atoms with Crippen LogP contribution in [-0.4, -0.2) is 58.4 Å². The molecular formula is C20H25ClN6O4S. The third kappa shape index (κ3) is 8.90. The van der Waals surface area contributed by atoms with Crippen molar-refractivity contribution < 1.29 is 19.4 Å². The quantitative estimate of drug-likeness (QED) is 0.174. The number of carbonyl (C=O) groups excluding carboxylic acids is 1. The van der Waals surface area contributed by atoms with Crippen molar-refractivity contribution in [3.05, 3.63) is 41.0 Å². The van der Waals surface area contributed by atoms with Gasteiger partial charge >= 0.3 is 11.9 Å². The Morgan fingerprint density at radius 2 is 2.00 bits per heavy atom. The number of carboxylic acids is 1. The van der Waals surface area contributed by atoms with Crippen LogP contribution in [0.5, 0.6) is 0 Å². The van der Waals surface area contributed by atoms with E-state index in [-0.39, 0.29) is 25.1 Å². The first kappa shape index (κ1) is 25.1. The molecule has 12 heteroatoms. The van der Waals surface area contributed by atoms with Crippen molar-refractivity contribution in [3.63, 3.8) is 0 Å². The zero-order chi connectivity index (χ0) is 23.3. The molecule has 0 amide bonds. The largest absolute Gasteiger partial charge is 0.481 e. The molecule has 0 saturated heterocycles. The lowest BCUT2D eigenvalue weighted by atomic mass is 10.3. The Bertz CT molecular complexity index is 946. The fourth-order valence-corrected chi connectivity index (χ4v) is 2.87. The Morgan fingerprint density at radius 3 is 2.72 bits per heavy atom. The number of aromatic nitrogens is 2. The molecule has 0 saturated carbocycles. The van der Waals surface area contributed by atoms with E-state index in [9.17, 15) is 9.59 Å². The van der Waals surface area contributed by atoms with E-state index >= 15 is 0 Å². The number of benzene rings is 1. The highest BCUT2D eigenvalue weighted by Gasteiger charge is 2.16. The van der Waals surface area contributed by atoms with Crippen LogP contribution in [0.2, 0.25) is 5.02 Å². The first-order valence-electron chi connectivity index (χ1n) is 9.93. The Kier molecular flexibility index (Phi) is 10.4. The number of halogens is 1. The Hall–Kier alpha value is -3.18. The predicted molar refractivity (Wildman–Crippen MR) is 127 cm³/mol. The minimum absolute atomic E-state index is 0.0146. The third-order valence-electron chi connectivity index (χ3n) is 3.92. The second-order valence-corrected chi connectivity index (χ2v) is 7.26. The van der Waals surface area contributed by atoms with Gasteiger partial charge in [0.15, 0.2) is 5.11 Å². The van der Waals surface area contributed by atoms with Gasteiger partial charge < -0.3 is 31.1 Å². The van der Waals surface area contributed by atoms with Crippen LogP contribution in [0.1, 0.15) is 30.1 Å². The number of nitrogens with one attached hydrogen (secondary N) is 4. The molecule has 0 aliphatic heterocycles. The van der Waals surface area contributed by atoms with Gasteiger partial charge in [-0.3, -0.25) is 4.79 Å². The van der Waals surface area contributed by atoms with Gasteiger partial charge in [0, 0.05) is 36.5 Å². The molecule has 0 aliphatic carbocycles. The highest BCUT2D eigenvalue weighted by atomic mass is 35.5. The van der Waals surface area contributed by atoms with Crippen molar-refractivity contribution in [1.82, 2.24) is 20.6 Å². The van der Waals surface area contributed by atoms with Gasteiger partial charge in [0.05, 0.1) is 13.0 Å². The minimum atomic E-state index is -0.893. The van der Waals surface area contributed by atoms with E-state index in [4.69, 9.17) is 33.7 Å². The zero-order valence-electron chi connectivity index (χ0n) is 17.5. The van der Waals surface area contributed by atoms with Gasteiger partial charge in [-0.2, -0.15) is 4.98 Å². The molecule has 1 aromatic heterocycles. The lowest BCUT2D eigenvalue weighted by molar-refractivity contribution is -0.136. The molecule has 0 aliphatic rings. The van der Waals surface area contributed by atoms with Crippen LogP contribution in [0.4, 0.5) is 17.5 Å². The number of hydrogen-bond donors (Lipinski definition) is 5. The maximum absolute atomic E-state index is 12.2. The smallest absolute Gasteiger partial charge is 0.343 e. The molecule has 0 bridgehead atoms. The summed E-state index contributed by atoms with van der Waals surface area (Å²) in [6, 6.07) is 7.10. The first-order chi connectivity index (χ1) is 15.4. The van der Waals surface area contributed by atoms with E-state index in [1.165, 1.54) is 6.20 Å². The number of thiocarbonyl (C=S) groups is 1. The van der Waals surface area contributed by atoms with E-state index in [1.54, 1.807) is 25.1 Å². The van der Waals surface area contributed by atoms with Crippen molar-refractivity contribution in [2.75, 3.05) is 36.9 Å². The average Bonchev–Trinajstić information content (AvgIpc) is 2.73. The van der Waals surface area contributed by atoms with Gasteiger partial charge in [-0.05, 0) is 43.8 Å².